The number of hydrogen-bond acceptors (Lipinski definition) is 9. The predicted octanol–water partition coefficient (Wildman–Crippen LogP) is -1.91. The lowest BCUT2D eigenvalue weighted by molar-refractivity contribution is -0.272. The van der Waals surface area contributed by atoms with Crippen LogP contribution in [0.3, 0.4) is 0 Å². The average Bonchev–Trinajstić information content (AvgIpc) is 2.97. The Labute approximate surface area is 119 Å². The molecule has 0 unspecified atom stereocenters. The van der Waals surface area contributed by atoms with Gasteiger partial charge in [-0.25, -0.2) is 19.8 Å². The van der Waals surface area contributed by atoms with Crippen LogP contribution in [0.5, 0.6) is 5.88 Å². The van der Waals surface area contributed by atoms with E-state index >= 15 is 0 Å². The molecule has 3 heterocycles. The second kappa shape index (κ2) is 5.00. The van der Waals surface area contributed by atoms with Crippen molar-refractivity contribution in [3.8, 4) is 5.88 Å². The van der Waals surface area contributed by atoms with Crippen molar-refractivity contribution in [1.82, 2.24) is 19.5 Å². The van der Waals surface area contributed by atoms with Crippen molar-refractivity contribution >= 4 is 25.1 Å². The van der Waals surface area contributed by atoms with Crippen molar-refractivity contribution in [2.75, 3.05) is 5.73 Å². The fraction of sp³-hybridized carbons (Fsp3) is 0.500. The first-order valence-corrected chi connectivity index (χ1v) is 7.89. The minimum absolute atomic E-state index is 0.105. The third-order valence-electron chi connectivity index (χ3n) is 3.31. The van der Waals surface area contributed by atoms with Gasteiger partial charge in [-0.3, -0.25) is 0 Å². The molecule has 21 heavy (non-hydrogen) atoms. The normalized spacial score (nSPS) is 23.0. The summed E-state index contributed by atoms with van der Waals surface area (Å²) in [5, 5.41) is 11.6. The zero-order chi connectivity index (χ0) is 15.2. The molecule has 11 heteroatoms. The number of aromatic nitrogens is 4. The standard InChI is InChI=1S/C10H14N5O5P/c11-10-13-8-7(9(16)14-10)12-4-15(8)3-5-1-2-6(20-5)21(17,18)19/h4-6H,1-3H2,(H2,17,18,19)(H3,11,13,14,16)/p-1/t5-,6-/m0/s1. The van der Waals surface area contributed by atoms with Crippen LogP contribution < -0.4 is 15.7 Å². The van der Waals surface area contributed by atoms with Crippen molar-refractivity contribution in [1.29, 1.82) is 0 Å². The summed E-state index contributed by atoms with van der Waals surface area (Å²) < 4.78 is 6.91. The summed E-state index contributed by atoms with van der Waals surface area (Å²) in [5.41, 5.74) is 5.84. The summed E-state index contributed by atoms with van der Waals surface area (Å²) in [5.74, 6) is -1.78. The number of imidazole rings is 1. The lowest BCUT2D eigenvalue weighted by atomic mass is 10.2. The van der Waals surface area contributed by atoms with E-state index < -0.39 is 19.7 Å². The smallest absolute Gasteiger partial charge is 0.259 e. The summed E-state index contributed by atoms with van der Waals surface area (Å²) in [6.07, 6.45) is 1.81. The van der Waals surface area contributed by atoms with Gasteiger partial charge in [0.15, 0.2) is 5.65 Å². The number of anilines is 1. The molecule has 114 valence electrons. The van der Waals surface area contributed by atoms with Crippen LogP contribution in [0, 0.1) is 0 Å². The van der Waals surface area contributed by atoms with Crippen molar-refractivity contribution in [2.24, 2.45) is 0 Å². The molecule has 10 nitrogen and oxygen atoms in total. The molecule has 0 bridgehead atoms. The molecule has 1 aliphatic rings. The number of rotatable bonds is 3. The van der Waals surface area contributed by atoms with Gasteiger partial charge < -0.3 is 25.0 Å². The monoisotopic (exact) mass is 314 g/mol. The lowest BCUT2D eigenvalue weighted by Crippen LogP contribution is -2.24. The van der Waals surface area contributed by atoms with Gasteiger partial charge in [-0.1, -0.05) is 0 Å². The Balaban J connectivity index is 1.80. The second-order valence-electron chi connectivity index (χ2n) is 4.84. The maximum atomic E-state index is 11.6. The highest BCUT2D eigenvalue weighted by Gasteiger charge is 2.41. The molecule has 0 aliphatic carbocycles. The van der Waals surface area contributed by atoms with Crippen molar-refractivity contribution in [3.63, 3.8) is 0 Å². The van der Waals surface area contributed by atoms with Crippen molar-refractivity contribution < 1.29 is 24.5 Å². The van der Waals surface area contributed by atoms with E-state index in [1.807, 2.05) is 0 Å². The molecule has 2 aromatic heterocycles. The molecular formula is C10H13N5O5P-. The topological polar surface area (TPSA) is 165 Å². The molecule has 3 rings (SSSR count). The van der Waals surface area contributed by atoms with E-state index in [1.165, 1.54) is 6.33 Å². The van der Waals surface area contributed by atoms with E-state index in [0.29, 0.717) is 6.42 Å². The second-order valence-corrected chi connectivity index (χ2v) is 6.59. The quantitative estimate of drug-likeness (QED) is 0.548. The highest BCUT2D eigenvalue weighted by atomic mass is 31.2. The van der Waals surface area contributed by atoms with Gasteiger partial charge in [0.2, 0.25) is 11.8 Å². The van der Waals surface area contributed by atoms with E-state index in [-0.39, 0.29) is 36.2 Å². The van der Waals surface area contributed by atoms with Gasteiger partial charge in [-0.2, -0.15) is 4.98 Å². The Morgan fingerprint density at radius 3 is 2.86 bits per heavy atom. The first-order valence-electron chi connectivity index (χ1n) is 6.20. The van der Waals surface area contributed by atoms with E-state index in [2.05, 4.69) is 15.0 Å². The average molecular weight is 314 g/mol. The maximum Gasteiger partial charge on any atom is 0.259 e. The summed E-state index contributed by atoms with van der Waals surface area (Å²) in [7, 11) is -4.25. The van der Waals surface area contributed by atoms with Gasteiger partial charge in [0, 0.05) is 12.3 Å². The van der Waals surface area contributed by atoms with E-state index in [9.17, 15) is 10.00 Å². The summed E-state index contributed by atoms with van der Waals surface area (Å²) in [6, 6.07) is 0. The van der Waals surface area contributed by atoms with Gasteiger partial charge in [-0.15, -0.1) is 0 Å². The van der Waals surface area contributed by atoms with Crippen LogP contribution in [-0.2, 0) is 11.3 Å². The molecular weight excluding hydrogens is 301 g/mol. The Morgan fingerprint density at radius 2 is 2.19 bits per heavy atom. The number of fused-ring (bicyclic) bond motifs is 1. The third-order valence-corrected chi connectivity index (χ3v) is 4.44. The summed E-state index contributed by atoms with van der Waals surface area (Å²) in [6.45, 7) is 0.281. The molecule has 1 fully saturated rings. The van der Waals surface area contributed by atoms with Crippen LogP contribution in [0.4, 0.5) is 5.95 Å². The van der Waals surface area contributed by atoms with Crippen LogP contribution in [0.25, 0.3) is 11.2 Å². The van der Waals surface area contributed by atoms with Crippen LogP contribution in [0.15, 0.2) is 6.33 Å². The molecule has 2 aromatic rings. The minimum atomic E-state index is -4.25. The number of hydrogen-bond donors (Lipinski definition) is 3. The Kier molecular flexibility index (Phi) is 3.42. The summed E-state index contributed by atoms with van der Waals surface area (Å²) in [4.78, 5) is 40.7. The molecule has 0 amide bonds. The van der Waals surface area contributed by atoms with Gasteiger partial charge in [-0.05, 0) is 6.42 Å². The van der Waals surface area contributed by atoms with E-state index in [0.717, 1.165) is 0 Å². The lowest BCUT2D eigenvalue weighted by Gasteiger charge is -2.22. The SMILES string of the molecule is Nc1nc([O-])c2ncn(C[C@@H]3CC[C@H]([P+]([O-])(O)O)O3)c2n1. The Morgan fingerprint density at radius 1 is 1.43 bits per heavy atom. The number of ether oxygens (including phenoxy) is 1. The van der Waals surface area contributed by atoms with Crippen LogP contribution in [0.2, 0.25) is 0 Å². The van der Waals surface area contributed by atoms with E-state index in [4.69, 9.17) is 20.3 Å². The molecule has 0 aromatic carbocycles. The number of nitrogens with zero attached hydrogens (tertiary/aromatic N) is 4. The van der Waals surface area contributed by atoms with Gasteiger partial charge in [0.1, 0.15) is 5.52 Å². The van der Waals surface area contributed by atoms with E-state index in [1.54, 1.807) is 4.57 Å². The molecule has 0 spiro atoms. The number of nitrogen functional groups attached to an aromatic ring is 1. The van der Waals surface area contributed by atoms with Gasteiger partial charge >= 0.3 is 0 Å². The van der Waals surface area contributed by atoms with Crippen LogP contribution in [-0.4, -0.2) is 41.3 Å². The highest BCUT2D eigenvalue weighted by Crippen LogP contribution is 2.51. The zero-order valence-corrected chi connectivity index (χ0v) is 11.7. The van der Waals surface area contributed by atoms with Crippen molar-refractivity contribution in [3.05, 3.63) is 6.33 Å². The Hall–Kier alpha value is -1.58. The molecule has 2 atom stereocenters. The molecule has 4 N–H and O–H groups in total. The molecule has 1 saturated heterocycles. The Bertz CT molecular complexity index is 672. The molecule has 0 saturated carbocycles. The fourth-order valence-corrected chi connectivity index (χ4v) is 3.17. The first kappa shape index (κ1) is 14.4. The summed E-state index contributed by atoms with van der Waals surface area (Å²) >= 11 is 0. The third kappa shape index (κ3) is 2.76. The molecule has 1 aliphatic heterocycles. The predicted molar refractivity (Wildman–Crippen MR) is 68.4 cm³/mol. The number of nitrogens with two attached hydrogens (primary N) is 1. The largest absolute Gasteiger partial charge is 0.857 e. The van der Waals surface area contributed by atoms with Crippen LogP contribution in [0.1, 0.15) is 12.8 Å². The zero-order valence-electron chi connectivity index (χ0n) is 10.8. The fourth-order valence-electron chi connectivity index (χ4n) is 2.36. The van der Waals surface area contributed by atoms with Gasteiger partial charge in [0.05, 0.1) is 19.0 Å². The maximum absolute atomic E-state index is 11.6. The minimum Gasteiger partial charge on any atom is -0.857 e. The molecule has 0 radical (unpaired) electrons. The first-order chi connectivity index (χ1) is 9.84. The van der Waals surface area contributed by atoms with Gasteiger partial charge in [0.25, 0.3) is 7.94 Å². The highest BCUT2D eigenvalue weighted by molar-refractivity contribution is 7.57. The van der Waals surface area contributed by atoms with Crippen LogP contribution >= 0.6 is 7.94 Å². The van der Waals surface area contributed by atoms with Crippen molar-refractivity contribution in [2.45, 2.75) is 31.3 Å².